The molecule has 3 nitrogen and oxygen atoms in total. The highest BCUT2D eigenvalue weighted by Gasteiger charge is 2.43. The van der Waals surface area contributed by atoms with Crippen molar-refractivity contribution in [3.8, 4) is 0 Å². The largest absolute Gasteiger partial charge is 0.364 e. The van der Waals surface area contributed by atoms with Gasteiger partial charge in [-0.3, -0.25) is 9.88 Å². The third kappa shape index (κ3) is 4.44. The van der Waals surface area contributed by atoms with E-state index in [1.807, 2.05) is 12.3 Å². The lowest BCUT2D eigenvalue weighted by Gasteiger charge is -2.51. The van der Waals surface area contributed by atoms with E-state index in [0.29, 0.717) is 17.9 Å². The van der Waals surface area contributed by atoms with Gasteiger partial charge in [0.1, 0.15) is 0 Å². The number of benzene rings is 4. The summed E-state index contributed by atoms with van der Waals surface area (Å²) in [6.45, 7) is 10.6. The van der Waals surface area contributed by atoms with Crippen molar-refractivity contribution >= 4 is 32.4 Å². The molecule has 8 rings (SSSR count). The van der Waals surface area contributed by atoms with Crippen molar-refractivity contribution in [1.82, 2.24) is 9.88 Å². The second-order valence-electron chi connectivity index (χ2n) is 11.5. The molecule has 3 fully saturated rings. The van der Waals surface area contributed by atoms with Crippen molar-refractivity contribution in [3.05, 3.63) is 128 Å². The van der Waals surface area contributed by atoms with Crippen molar-refractivity contribution < 1.29 is 4.74 Å². The molecule has 0 radical (unpaired) electrons. The molecule has 3 saturated heterocycles. The lowest BCUT2D eigenvalue weighted by molar-refractivity contribution is -0.0899. The first-order chi connectivity index (χ1) is 19.7. The number of rotatable bonds is 8. The van der Waals surface area contributed by atoms with Crippen molar-refractivity contribution in [2.75, 3.05) is 13.1 Å². The Morgan fingerprint density at radius 2 is 1.60 bits per heavy atom. The summed E-state index contributed by atoms with van der Waals surface area (Å²) >= 11 is 0. The molecule has 2 bridgehead atoms. The minimum atomic E-state index is -0.136. The van der Waals surface area contributed by atoms with E-state index < -0.39 is 0 Å². The molecular weight excluding hydrogens is 488 g/mol. The van der Waals surface area contributed by atoms with E-state index in [4.69, 9.17) is 4.74 Å². The standard InChI is InChI=1S/C37H36N2O/c1-3-25-24-39-20-18-26(25)22-36(39)37(33-17-19-38-35-16-10-9-15-32(33)35)40-29(4-2)23-34-30-13-7-5-11-27(30)21-28-12-6-8-14-31(28)34/h3-17,19,21,25-26,29,36-37H,1-2,18,20,22-24H2/t25-,26+,29-,36-,37+/m0/s1. The van der Waals surface area contributed by atoms with Gasteiger partial charge in [0.05, 0.1) is 17.7 Å². The van der Waals surface area contributed by atoms with E-state index in [1.54, 1.807) is 0 Å². The Kier molecular flexibility index (Phi) is 6.71. The van der Waals surface area contributed by atoms with Crippen LogP contribution in [0.15, 0.2) is 116 Å². The van der Waals surface area contributed by atoms with Crippen LogP contribution in [0.25, 0.3) is 32.4 Å². The fourth-order valence-corrected chi connectivity index (χ4v) is 7.33. The zero-order valence-electron chi connectivity index (χ0n) is 23.0. The highest BCUT2D eigenvalue weighted by atomic mass is 16.5. The molecule has 4 heterocycles. The number of nitrogens with zero attached hydrogens (tertiary/aromatic N) is 2. The topological polar surface area (TPSA) is 25.4 Å². The van der Waals surface area contributed by atoms with Crippen LogP contribution in [0.4, 0.5) is 0 Å². The predicted molar refractivity (Wildman–Crippen MR) is 166 cm³/mol. The third-order valence-corrected chi connectivity index (χ3v) is 9.37. The number of fused-ring (bicyclic) bond motifs is 6. The summed E-state index contributed by atoms with van der Waals surface area (Å²) in [5.74, 6) is 1.23. The minimum absolute atomic E-state index is 0.0781. The lowest BCUT2D eigenvalue weighted by Crippen LogP contribution is -2.55. The molecule has 1 aromatic heterocycles. The van der Waals surface area contributed by atoms with Crippen LogP contribution in [-0.4, -0.2) is 35.1 Å². The number of hydrogen-bond donors (Lipinski definition) is 0. The van der Waals surface area contributed by atoms with Crippen molar-refractivity contribution in [1.29, 1.82) is 0 Å². The van der Waals surface area contributed by atoms with E-state index in [-0.39, 0.29) is 12.2 Å². The number of hydrogen-bond acceptors (Lipinski definition) is 3. The number of aromatic nitrogens is 1. The van der Waals surface area contributed by atoms with Gasteiger partial charge in [0, 0.05) is 30.6 Å². The monoisotopic (exact) mass is 524 g/mol. The number of para-hydroxylation sites is 1. The van der Waals surface area contributed by atoms with Gasteiger partial charge in [-0.05, 0) is 82.1 Å². The van der Waals surface area contributed by atoms with Crippen molar-refractivity contribution in [2.45, 2.75) is 37.5 Å². The Labute approximate surface area is 236 Å². The van der Waals surface area contributed by atoms with E-state index in [1.165, 1.54) is 44.5 Å². The van der Waals surface area contributed by atoms with Crippen LogP contribution in [0.3, 0.4) is 0 Å². The second kappa shape index (κ2) is 10.6. The zero-order valence-corrected chi connectivity index (χ0v) is 23.0. The Morgan fingerprint density at radius 3 is 2.27 bits per heavy atom. The highest BCUT2D eigenvalue weighted by Crippen LogP contribution is 2.44. The van der Waals surface area contributed by atoms with E-state index in [0.717, 1.165) is 31.4 Å². The molecule has 4 aromatic carbocycles. The van der Waals surface area contributed by atoms with Gasteiger partial charge in [-0.15, -0.1) is 13.2 Å². The van der Waals surface area contributed by atoms with E-state index >= 15 is 0 Å². The zero-order chi connectivity index (χ0) is 27.1. The summed E-state index contributed by atoms with van der Waals surface area (Å²) in [6.07, 6.45) is 9.05. The van der Waals surface area contributed by atoms with Crippen LogP contribution in [0.1, 0.15) is 30.1 Å². The molecule has 0 amide bonds. The van der Waals surface area contributed by atoms with Gasteiger partial charge >= 0.3 is 0 Å². The first kappa shape index (κ1) is 25.2. The first-order valence-corrected chi connectivity index (χ1v) is 14.6. The SMILES string of the molecule is C=C[C@@H](Cc1c2ccccc2cc2ccccc12)O[C@H](c1ccnc2ccccc12)[C@@H]1C[C@H]2CCN1C[C@@H]2C=C. The fraction of sp³-hybridized carbons (Fsp3) is 0.270. The summed E-state index contributed by atoms with van der Waals surface area (Å²) in [5, 5.41) is 6.29. The maximum Gasteiger partial charge on any atom is 0.0995 e. The number of pyridine rings is 1. The lowest BCUT2D eigenvalue weighted by atomic mass is 9.73. The molecule has 3 aliphatic heterocycles. The molecule has 0 spiro atoms. The first-order valence-electron chi connectivity index (χ1n) is 14.6. The van der Waals surface area contributed by atoms with Gasteiger partial charge in [0.15, 0.2) is 0 Å². The summed E-state index contributed by atoms with van der Waals surface area (Å²) in [7, 11) is 0. The molecule has 5 aromatic rings. The average molecular weight is 525 g/mol. The highest BCUT2D eigenvalue weighted by molar-refractivity contribution is 6.02. The quantitative estimate of drug-likeness (QED) is 0.151. The molecule has 1 unspecified atom stereocenters. The Bertz CT molecular complexity index is 1650. The van der Waals surface area contributed by atoms with Gasteiger partial charge < -0.3 is 4.74 Å². The smallest absolute Gasteiger partial charge is 0.0995 e. The van der Waals surface area contributed by atoms with Gasteiger partial charge in [-0.2, -0.15) is 0 Å². The molecular formula is C37H36N2O. The maximum absolute atomic E-state index is 7.24. The van der Waals surface area contributed by atoms with Crippen LogP contribution in [0, 0.1) is 11.8 Å². The summed E-state index contributed by atoms with van der Waals surface area (Å²) < 4.78 is 7.24. The van der Waals surface area contributed by atoms with Crippen molar-refractivity contribution in [3.63, 3.8) is 0 Å². The summed E-state index contributed by atoms with van der Waals surface area (Å²) in [4.78, 5) is 7.33. The van der Waals surface area contributed by atoms with Crippen LogP contribution in [0.2, 0.25) is 0 Å². The fourth-order valence-electron chi connectivity index (χ4n) is 7.33. The van der Waals surface area contributed by atoms with Gasteiger partial charge in [-0.25, -0.2) is 0 Å². The average Bonchev–Trinajstić information content (AvgIpc) is 3.02. The molecule has 3 aliphatic rings. The minimum Gasteiger partial charge on any atom is -0.364 e. The Balaban J connectivity index is 1.30. The molecule has 3 heteroatoms. The normalized spacial score (nSPS) is 23.8. The maximum atomic E-state index is 7.24. The number of piperidine rings is 3. The second-order valence-corrected chi connectivity index (χ2v) is 11.5. The van der Waals surface area contributed by atoms with Crippen LogP contribution >= 0.6 is 0 Å². The summed E-state index contributed by atoms with van der Waals surface area (Å²) in [5.41, 5.74) is 3.57. The molecule has 200 valence electrons. The third-order valence-electron chi connectivity index (χ3n) is 9.37. The molecule has 40 heavy (non-hydrogen) atoms. The van der Waals surface area contributed by atoms with Crippen LogP contribution in [-0.2, 0) is 11.2 Å². The molecule has 0 aliphatic carbocycles. The molecule has 0 saturated carbocycles. The Hall–Kier alpha value is -3.79. The number of ether oxygens (including phenoxy) is 1. The molecule has 6 atom stereocenters. The van der Waals surface area contributed by atoms with Crippen molar-refractivity contribution in [2.24, 2.45) is 11.8 Å². The van der Waals surface area contributed by atoms with Crippen LogP contribution < -0.4 is 0 Å². The predicted octanol–water partition coefficient (Wildman–Crippen LogP) is 8.29. The molecule has 0 N–H and O–H groups in total. The van der Waals surface area contributed by atoms with Gasteiger partial charge in [0.2, 0.25) is 0 Å². The van der Waals surface area contributed by atoms with Crippen LogP contribution in [0.5, 0.6) is 0 Å². The summed E-state index contributed by atoms with van der Waals surface area (Å²) in [6, 6.07) is 30.7. The van der Waals surface area contributed by atoms with Gasteiger partial charge in [-0.1, -0.05) is 78.9 Å². The Morgan fingerprint density at radius 1 is 0.900 bits per heavy atom. The van der Waals surface area contributed by atoms with E-state index in [9.17, 15) is 0 Å². The van der Waals surface area contributed by atoms with Gasteiger partial charge in [0.25, 0.3) is 0 Å². The van der Waals surface area contributed by atoms with E-state index in [2.05, 4.69) is 114 Å².